The van der Waals surface area contributed by atoms with Gasteiger partial charge in [-0.25, -0.2) is 0 Å². The molecule has 2 atom stereocenters. The standard InChI is InChI=1S/C24H23Cl2N/c25-22-13-10-18(15-23(22)26)14-20-12-11-19-8-4-5-9-21(19)24(20)27-16-17-6-2-1-3-7-17/h1-10,13,15,20,24,27H,11-12,14,16H2. The average Bonchev–Trinajstić information content (AvgIpc) is 2.70. The van der Waals surface area contributed by atoms with Crippen LogP contribution < -0.4 is 5.32 Å². The Morgan fingerprint density at radius 2 is 1.59 bits per heavy atom. The number of aryl methyl sites for hydroxylation is 1. The van der Waals surface area contributed by atoms with Gasteiger partial charge in [-0.05, 0) is 59.6 Å². The fourth-order valence-electron chi connectivity index (χ4n) is 4.12. The molecule has 0 heterocycles. The number of hydrogen-bond donors (Lipinski definition) is 1. The Labute approximate surface area is 171 Å². The van der Waals surface area contributed by atoms with E-state index in [4.69, 9.17) is 23.2 Å². The van der Waals surface area contributed by atoms with E-state index in [-0.39, 0.29) is 0 Å². The van der Waals surface area contributed by atoms with Crippen LogP contribution in [0.15, 0.2) is 72.8 Å². The topological polar surface area (TPSA) is 12.0 Å². The quantitative estimate of drug-likeness (QED) is 0.510. The summed E-state index contributed by atoms with van der Waals surface area (Å²) in [6.45, 7) is 0.873. The number of rotatable bonds is 5. The highest BCUT2D eigenvalue weighted by Crippen LogP contribution is 2.37. The molecular weight excluding hydrogens is 373 g/mol. The third-order valence-corrected chi connectivity index (χ3v) is 6.24. The minimum atomic E-state index is 0.338. The van der Waals surface area contributed by atoms with Crippen LogP contribution in [0.2, 0.25) is 10.0 Å². The van der Waals surface area contributed by atoms with Crippen molar-refractivity contribution in [2.75, 3.05) is 0 Å². The van der Waals surface area contributed by atoms with Crippen molar-refractivity contribution >= 4 is 23.2 Å². The lowest BCUT2D eigenvalue weighted by molar-refractivity contribution is 0.317. The van der Waals surface area contributed by atoms with E-state index < -0.39 is 0 Å². The van der Waals surface area contributed by atoms with Gasteiger partial charge in [-0.3, -0.25) is 0 Å². The van der Waals surface area contributed by atoms with E-state index in [1.807, 2.05) is 12.1 Å². The molecular formula is C24H23Cl2N. The molecule has 0 fully saturated rings. The van der Waals surface area contributed by atoms with Crippen LogP contribution in [0.3, 0.4) is 0 Å². The first kappa shape index (κ1) is 18.6. The van der Waals surface area contributed by atoms with Crippen molar-refractivity contribution in [3.05, 3.63) is 105 Å². The van der Waals surface area contributed by atoms with Gasteiger partial charge in [-0.1, -0.05) is 83.9 Å². The maximum Gasteiger partial charge on any atom is 0.0595 e. The Morgan fingerprint density at radius 1 is 0.815 bits per heavy atom. The molecule has 4 rings (SSSR count). The highest BCUT2D eigenvalue weighted by molar-refractivity contribution is 6.42. The van der Waals surface area contributed by atoms with Crippen LogP contribution in [-0.4, -0.2) is 0 Å². The molecule has 0 saturated heterocycles. The Hall–Kier alpha value is -1.80. The fraction of sp³-hybridized carbons (Fsp3) is 0.250. The van der Waals surface area contributed by atoms with Crippen molar-refractivity contribution in [1.29, 1.82) is 0 Å². The second-order valence-electron chi connectivity index (χ2n) is 7.29. The Morgan fingerprint density at radius 3 is 2.41 bits per heavy atom. The van der Waals surface area contributed by atoms with Gasteiger partial charge in [-0.15, -0.1) is 0 Å². The highest BCUT2D eigenvalue weighted by Gasteiger charge is 2.29. The van der Waals surface area contributed by atoms with Gasteiger partial charge in [-0.2, -0.15) is 0 Å². The summed E-state index contributed by atoms with van der Waals surface area (Å²) >= 11 is 12.3. The predicted octanol–water partition coefficient (Wildman–Crippen LogP) is 6.63. The normalized spacial score (nSPS) is 18.9. The zero-order valence-corrected chi connectivity index (χ0v) is 16.7. The molecule has 0 aromatic heterocycles. The minimum absolute atomic E-state index is 0.338. The van der Waals surface area contributed by atoms with Gasteiger partial charge in [0.1, 0.15) is 0 Å². The third-order valence-electron chi connectivity index (χ3n) is 5.50. The van der Waals surface area contributed by atoms with Crippen molar-refractivity contribution in [3.63, 3.8) is 0 Å². The van der Waals surface area contributed by atoms with Crippen LogP contribution in [0.5, 0.6) is 0 Å². The zero-order valence-electron chi connectivity index (χ0n) is 15.2. The minimum Gasteiger partial charge on any atom is -0.306 e. The summed E-state index contributed by atoms with van der Waals surface area (Å²) in [7, 11) is 0. The van der Waals surface area contributed by atoms with E-state index in [9.17, 15) is 0 Å². The largest absolute Gasteiger partial charge is 0.306 e. The van der Waals surface area contributed by atoms with E-state index in [0.29, 0.717) is 22.0 Å². The molecule has 0 saturated carbocycles. The summed E-state index contributed by atoms with van der Waals surface area (Å²) in [6, 6.07) is 25.8. The second-order valence-corrected chi connectivity index (χ2v) is 8.11. The summed E-state index contributed by atoms with van der Waals surface area (Å²) < 4.78 is 0. The van der Waals surface area contributed by atoms with Crippen LogP contribution in [0, 0.1) is 5.92 Å². The lowest BCUT2D eigenvalue weighted by Crippen LogP contribution is -2.33. The number of hydrogen-bond acceptors (Lipinski definition) is 1. The molecule has 1 aliphatic rings. The SMILES string of the molecule is Clc1ccc(CC2CCc3ccccc3C2NCc2ccccc2)cc1Cl. The average molecular weight is 396 g/mol. The summed E-state index contributed by atoms with van der Waals surface area (Å²) in [5, 5.41) is 5.09. The van der Waals surface area contributed by atoms with Gasteiger partial charge in [0.05, 0.1) is 10.0 Å². The fourth-order valence-corrected chi connectivity index (χ4v) is 4.44. The smallest absolute Gasteiger partial charge is 0.0595 e. The van der Waals surface area contributed by atoms with Crippen LogP contribution in [0.25, 0.3) is 0 Å². The molecule has 1 aliphatic carbocycles. The van der Waals surface area contributed by atoms with Gasteiger partial charge in [0.2, 0.25) is 0 Å². The van der Waals surface area contributed by atoms with Gasteiger partial charge < -0.3 is 5.32 Å². The molecule has 1 N–H and O–H groups in total. The molecule has 0 aliphatic heterocycles. The van der Waals surface area contributed by atoms with E-state index in [0.717, 1.165) is 19.4 Å². The first-order valence-corrected chi connectivity index (χ1v) is 10.3. The van der Waals surface area contributed by atoms with Gasteiger partial charge in [0.15, 0.2) is 0 Å². The summed E-state index contributed by atoms with van der Waals surface area (Å²) in [4.78, 5) is 0. The predicted molar refractivity (Wildman–Crippen MR) is 114 cm³/mol. The summed E-state index contributed by atoms with van der Waals surface area (Å²) in [6.07, 6.45) is 3.30. The summed E-state index contributed by atoms with van der Waals surface area (Å²) in [5.74, 6) is 0.529. The van der Waals surface area contributed by atoms with Crippen LogP contribution in [0.1, 0.15) is 34.7 Å². The Kier molecular flexibility index (Phi) is 5.83. The molecule has 0 spiro atoms. The maximum absolute atomic E-state index is 6.24. The van der Waals surface area contributed by atoms with Crippen LogP contribution in [0.4, 0.5) is 0 Å². The highest BCUT2D eigenvalue weighted by atomic mass is 35.5. The first-order valence-electron chi connectivity index (χ1n) is 9.50. The van der Waals surface area contributed by atoms with Gasteiger partial charge in [0.25, 0.3) is 0 Å². The first-order chi connectivity index (χ1) is 13.2. The zero-order chi connectivity index (χ0) is 18.6. The molecule has 0 amide bonds. The van der Waals surface area contributed by atoms with Crippen molar-refractivity contribution in [2.45, 2.75) is 31.8 Å². The lowest BCUT2D eigenvalue weighted by Gasteiger charge is -2.35. The lowest BCUT2D eigenvalue weighted by atomic mass is 9.77. The van der Waals surface area contributed by atoms with Crippen LogP contribution in [-0.2, 0) is 19.4 Å². The van der Waals surface area contributed by atoms with Gasteiger partial charge in [0, 0.05) is 12.6 Å². The van der Waals surface area contributed by atoms with E-state index in [1.54, 1.807) is 0 Å². The Bertz CT molecular complexity index is 907. The molecule has 3 aromatic carbocycles. The summed E-state index contributed by atoms with van der Waals surface area (Å²) in [5.41, 5.74) is 5.47. The Balaban J connectivity index is 1.57. The van der Waals surface area contributed by atoms with E-state index in [1.165, 1.54) is 28.7 Å². The van der Waals surface area contributed by atoms with Crippen LogP contribution >= 0.6 is 23.2 Å². The molecule has 1 nitrogen and oxygen atoms in total. The molecule has 3 aromatic rings. The number of nitrogens with one attached hydrogen (secondary N) is 1. The molecule has 0 bridgehead atoms. The van der Waals surface area contributed by atoms with E-state index in [2.05, 4.69) is 66.0 Å². The number of halogens is 2. The van der Waals surface area contributed by atoms with Crippen molar-refractivity contribution in [1.82, 2.24) is 5.32 Å². The monoisotopic (exact) mass is 395 g/mol. The third kappa shape index (κ3) is 4.38. The number of benzene rings is 3. The molecule has 3 heteroatoms. The van der Waals surface area contributed by atoms with E-state index >= 15 is 0 Å². The van der Waals surface area contributed by atoms with Gasteiger partial charge >= 0.3 is 0 Å². The maximum atomic E-state index is 6.24. The number of fused-ring (bicyclic) bond motifs is 1. The van der Waals surface area contributed by atoms with Crippen molar-refractivity contribution in [2.24, 2.45) is 5.92 Å². The second kappa shape index (κ2) is 8.48. The molecule has 138 valence electrons. The molecule has 27 heavy (non-hydrogen) atoms. The van der Waals surface area contributed by atoms with Crippen molar-refractivity contribution in [3.8, 4) is 0 Å². The van der Waals surface area contributed by atoms with Crippen molar-refractivity contribution < 1.29 is 0 Å². The molecule has 0 radical (unpaired) electrons. The molecule has 2 unspecified atom stereocenters.